The molecule has 1 saturated heterocycles. The Hall–Kier alpha value is -3.10. The number of hydrogen-bond donors (Lipinski definition) is 1. The van der Waals surface area contributed by atoms with Gasteiger partial charge in [-0.1, -0.05) is 55.1 Å². The summed E-state index contributed by atoms with van der Waals surface area (Å²) in [7, 11) is 2.21. The second-order valence-electron chi connectivity index (χ2n) is 11.2. The smallest absolute Gasteiger partial charge is 0.134 e. The average molecular weight is 541 g/mol. The fraction of sp³-hybridized carbons (Fsp3) is 0.455. The van der Waals surface area contributed by atoms with Crippen LogP contribution in [0.15, 0.2) is 67.4 Å². The van der Waals surface area contributed by atoms with Gasteiger partial charge in [0, 0.05) is 32.4 Å². The summed E-state index contributed by atoms with van der Waals surface area (Å²) in [5, 5.41) is 10.7. The van der Waals surface area contributed by atoms with Crippen LogP contribution in [-0.4, -0.2) is 67.6 Å². The molecule has 1 N–H and O–H groups in total. The normalized spacial score (nSPS) is 19.0. The standard InChI is InChI=1S/C33H44N6O/c1-3-4-17-32-35-29(31(25-40)39(32)26-37-21-10-19-36(2)20-11-22-37)24-38(23-27-12-6-5-7-13-27)30-16-8-14-28-15-9-18-34-33(28)30/h3-7,9,12-13,15,17-18,30,40H,1,8,10-11,14,16,19-26H2,2H3/b17-4-/t30-/m0/s1. The van der Waals surface area contributed by atoms with Crippen molar-refractivity contribution in [1.82, 2.24) is 29.2 Å². The Kier molecular flexibility index (Phi) is 9.95. The fourth-order valence-corrected chi connectivity index (χ4v) is 6.22. The van der Waals surface area contributed by atoms with Gasteiger partial charge in [-0.05, 0) is 75.5 Å². The van der Waals surface area contributed by atoms with Gasteiger partial charge in [0.15, 0.2) is 0 Å². The van der Waals surface area contributed by atoms with Gasteiger partial charge in [0.05, 0.1) is 36.4 Å². The first-order valence-electron chi connectivity index (χ1n) is 14.8. The molecule has 0 saturated carbocycles. The van der Waals surface area contributed by atoms with Gasteiger partial charge in [-0.25, -0.2) is 4.98 Å². The molecule has 3 heterocycles. The molecule has 0 radical (unpaired) electrons. The number of aryl methyl sites for hydroxylation is 1. The molecular formula is C33H44N6O. The molecule has 0 amide bonds. The van der Waals surface area contributed by atoms with Crippen molar-refractivity contribution in [1.29, 1.82) is 0 Å². The van der Waals surface area contributed by atoms with Crippen LogP contribution in [-0.2, 0) is 32.8 Å². The largest absolute Gasteiger partial charge is 0.390 e. The van der Waals surface area contributed by atoms with E-state index >= 15 is 0 Å². The van der Waals surface area contributed by atoms with Gasteiger partial charge in [0.1, 0.15) is 5.82 Å². The molecule has 1 aromatic carbocycles. The van der Waals surface area contributed by atoms with Crippen molar-refractivity contribution in [2.24, 2.45) is 0 Å². The summed E-state index contributed by atoms with van der Waals surface area (Å²) in [6.07, 6.45) is 13.2. The zero-order valence-corrected chi connectivity index (χ0v) is 24.0. The van der Waals surface area contributed by atoms with Gasteiger partial charge in [-0.2, -0.15) is 0 Å². The molecule has 1 aliphatic carbocycles. The van der Waals surface area contributed by atoms with E-state index in [0.717, 1.165) is 88.7 Å². The predicted octanol–water partition coefficient (Wildman–Crippen LogP) is 5.03. The lowest BCUT2D eigenvalue weighted by Gasteiger charge is -2.35. The highest BCUT2D eigenvalue weighted by Gasteiger charge is 2.29. The SMILES string of the molecule is C=C/C=C\c1nc(CN(Cc2ccccc2)[C@H]2CCCc3cccnc32)c(CO)n1CN1CCCN(C)CCC1. The van der Waals surface area contributed by atoms with Gasteiger partial charge < -0.3 is 14.6 Å². The Labute approximate surface area is 239 Å². The third kappa shape index (κ3) is 6.96. The first kappa shape index (κ1) is 28.4. The summed E-state index contributed by atoms with van der Waals surface area (Å²) in [5.74, 6) is 0.875. The van der Waals surface area contributed by atoms with E-state index in [0.29, 0.717) is 6.54 Å². The molecule has 2 aliphatic rings. The number of aromatic nitrogens is 3. The van der Waals surface area contributed by atoms with Crippen molar-refractivity contribution in [3.63, 3.8) is 0 Å². The van der Waals surface area contributed by atoms with Gasteiger partial charge in [0.25, 0.3) is 0 Å². The maximum atomic E-state index is 10.7. The molecule has 212 valence electrons. The second-order valence-corrected chi connectivity index (χ2v) is 11.2. The molecule has 1 atom stereocenters. The molecule has 7 nitrogen and oxygen atoms in total. The van der Waals surface area contributed by atoms with Crippen molar-refractivity contribution >= 4 is 6.08 Å². The number of rotatable bonds is 10. The van der Waals surface area contributed by atoms with E-state index in [1.54, 1.807) is 6.08 Å². The Morgan fingerprint density at radius 3 is 2.58 bits per heavy atom. The fourth-order valence-electron chi connectivity index (χ4n) is 6.22. The van der Waals surface area contributed by atoms with Crippen molar-refractivity contribution in [3.05, 3.63) is 101 Å². The summed E-state index contributed by atoms with van der Waals surface area (Å²) in [5.41, 5.74) is 5.65. The number of aliphatic hydroxyl groups is 1. The lowest BCUT2D eigenvalue weighted by Crippen LogP contribution is -2.36. The second kappa shape index (κ2) is 14.0. The number of fused-ring (bicyclic) bond motifs is 1. The van der Waals surface area contributed by atoms with Crippen LogP contribution in [0.2, 0.25) is 0 Å². The molecular weight excluding hydrogens is 496 g/mol. The van der Waals surface area contributed by atoms with Crippen LogP contribution < -0.4 is 0 Å². The topological polar surface area (TPSA) is 60.7 Å². The van der Waals surface area contributed by atoms with E-state index in [1.165, 1.54) is 16.8 Å². The molecule has 0 spiro atoms. The van der Waals surface area contributed by atoms with Gasteiger partial charge in [0.2, 0.25) is 0 Å². The first-order valence-corrected chi connectivity index (χ1v) is 14.8. The summed E-state index contributed by atoms with van der Waals surface area (Å²) < 4.78 is 2.22. The van der Waals surface area contributed by atoms with Crippen LogP contribution in [0.1, 0.15) is 65.8 Å². The predicted molar refractivity (Wildman–Crippen MR) is 161 cm³/mol. The number of nitrogens with zero attached hydrogens (tertiary/aromatic N) is 6. The van der Waals surface area contributed by atoms with E-state index in [4.69, 9.17) is 9.97 Å². The van der Waals surface area contributed by atoms with Crippen molar-refractivity contribution < 1.29 is 5.11 Å². The van der Waals surface area contributed by atoms with Crippen LogP contribution in [0.5, 0.6) is 0 Å². The number of imidazole rings is 1. The lowest BCUT2D eigenvalue weighted by molar-refractivity contribution is 0.150. The number of aliphatic hydroxyl groups excluding tert-OH is 1. The third-order valence-corrected chi connectivity index (χ3v) is 8.27. The van der Waals surface area contributed by atoms with Crippen molar-refractivity contribution in [3.8, 4) is 0 Å². The van der Waals surface area contributed by atoms with E-state index in [-0.39, 0.29) is 12.6 Å². The molecule has 0 bridgehead atoms. The van der Waals surface area contributed by atoms with E-state index < -0.39 is 0 Å². The van der Waals surface area contributed by atoms with Gasteiger partial charge in [-0.15, -0.1) is 0 Å². The molecule has 1 aliphatic heterocycles. The Balaban J connectivity index is 1.48. The Morgan fingerprint density at radius 2 is 1.82 bits per heavy atom. The third-order valence-electron chi connectivity index (χ3n) is 8.27. The van der Waals surface area contributed by atoms with Crippen molar-refractivity contribution in [2.75, 3.05) is 33.2 Å². The van der Waals surface area contributed by atoms with E-state index in [2.05, 4.69) is 75.4 Å². The summed E-state index contributed by atoms with van der Waals surface area (Å²) >= 11 is 0. The highest BCUT2D eigenvalue weighted by Crippen LogP contribution is 2.35. The summed E-state index contributed by atoms with van der Waals surface area (Å²) in [4.78, 5) is 17.4. The molecule has 0 unspecified atom stereocenters. The molecule has 1 fully saturated rings. The lowest BCUT2D eigenvalue weighted by atomic mass is 9.90. The van der Waals surface area contributed by atoms with Crippen LogP contribution in [0, 0.1) is 0 Å². The zero-order chi connectivity index (χ0) is 27.7. The highest BCUT2D eigenvalue weighted by molar-refractivity contribution is 5.45. The van der Waals surface area contributed by atoms with Gasteiger partial charge in [-0.3, -0.25) is 14.8 Å². The first-order chi connectivity index (χ1) is 19.7. The maximum absolute atomic E-state index is 10.7. The quantitative estimate of drug-likeness (QED) is 0.364. The molecule has 7 heteroatoms. The van der Waals surface area contributed by atoms with E-state index in [1.807, 2.05) is 18.3 Å². The number of hydrogen-bond acceptors (Lipinski definition) is 6. The molecule has 40 heavy (non-hydrogen) atoms. The van der Waals surface area contributed by atoms with Gasteiger partial charge >= 0.3 is 0 Å². The van der Waals surface area contributed by atoms with Crippen LogP contribution in [0.3, 0.4) is 0 Å². The zero-order valence-electron chi connectivity index (χ0n) is 24.0. The van der Waals surface area contributed by atoms with E-state index in [9.17, 15) is 5.11 Å². The monoisotopic (exact) mass is 540 g/mol. The van der Waals surface area contributed by atoms with Crippen LogP contribution in [0.4, 0.5) is 0 Å². The molecule has 3 aromatic rings. The Morgan fingerprint density at radius 1 is 1.02 bits per heavy atom. The minimum atomic E-state index is -0.0421. The number of benzene rings is 1. The van der Waals surface area contributed by atoms with Crippen LogP contribution >= 0.6 is 0 Å². The minimum absolute atomic E-state index is 0.0421. The minimum Gasteiger partial charge on any atom is -0.390 e. The number of pyridine rings is 1. The van der Waals surface area contributed by atoms with Crippen LogP contribution in [0.25, 0.3) is 6.08 Å². The average Bonchev–Trinajstić information content (AvgIpc) is 3.29. The molecule has 5 rings (SSSR count). The summed E-state index contributed by atoms with van der Waals surface area (Å²) in [6.45, 7) is 10.3. The number of allylic oxidation sites excluding steroid dienone is 2. The molecule has 2 aromatic heterocycles. The summed E-state index contributed by atoms with van der Waals surface area (Å²) in [6, 6.07) is 15.1. The van der Waals surface area contributed by atoms with Crippen molar-refractivity contribution in [2.45, 2.75) is 64.5 Å². The Bertz CT molecular complexity index is 1260. The maximum Gasteiger partial charge on any atom is 0.134 e. The highest BCUT2D eigenvalue weighted by atomic mass is 16.3.